The minimum Gasteiger partial charge on any atom is -0.394 e. The van der Waals surface area contributed by atoms with Gasteiger partial charge in [-0.1, -0.05) is 0 Å². The van der Waals surface area contributed by atoms with Gasteiger partial charge in [-0.25, -0.2) is 4.18 Å². The van der Waals surface area contributed by atoms with Gasteiger partial charge in [-0.3, -0.25) is 12.9 Å². The van der Waals surface area contributed by atoms with Gasteiger partial charge in [0.25, 0.3) is 0 Å². The summed E-state index contributed by atoms with van der Waals surface area (Å²) in [4.78, 5) is 0. The fraction of sp³-hybridized carbons (Fsp3) is 1.00. The summed E-state index contributed by atoms with van der Waals surface area (Å²) < 4.78 is 49.9. The molecule has 0 aromatic heterocycles. The Labute approximate surface area is 90.0 Å². The Morgan fingerprint density at radius 1 is 1.60 bits per heavy atom. The quantitative estimate of drug-likeness (QED) is 0.610. The molecule has 0 amide bonds. The maximum atomic E-state index is 10.1. The van der Waals surface area contributed by atoms with Gasteiger partial charge in [0, 0.05) is 0 Å². The van der Waals surface area contributed by atoms with Crippen molar-refractivity contribution < 1.29 is 34.8 Å². The lowest BCUT2D eigenvalue weighted by Gasteiger charge is -1.92. The molecule has 2 unspecified atom stereocenters. The molecule has 92 valence electrons. The largest absolute Gasteiger partial charge is 0.397 e. The third-order valence-corrected chi connectivity index (χ3v) is 2.24. The van der Waals surface area contributed by atoms with Gasteiger partial charge in [0.05, 0.1) is 25.9 Å². The summed E-state index contributed by atoms with van der Waals surface area (Å²) in [6.07, 6.45) is 0.000772. The first-order valence-electron chi connectivity index (χ1n) is 3.80. The Balaban J connectivity index is 0.000000262. The van der Waals surface area contributed by atoms with Crippen LogP contribution in [0.25, 0.3) is 0 Å². The zero-order valence-corrected chi connectivity index (χ0v) is 9.49. The Kier molecular flexibility index (Phi) is 7.17. The van der Waals surface area contributed by atoms with Crippen LogP contribution in [-0.2, 0) is 34.3 Å². The fourth-order valence-electron chi connectivity index (χ4n) is 0.484. The van der Waals surface area contributed by atoms with Crippen LogP contribution in [-0.4, -0.2) is 48.2 Å². The van der Waals surface area contributed by atoms with Crippen molar-refractivity contribution in [1.82, 2.24) is 0 Å². The van der Waals surface area contributed by atoms with E-state index in [1.165, 1.54) is 0 Å². The van der Waals surface area contributed by atoms with Crippen LogP contribution in [0.5, 0.6) is 0 Å². The van der Waals surface area contributed by atoms with Crippen LogP contribution in [0, 0.1) is 0 Å². The molecular weight excluding hydrogens is 252 g/mol. The van der Waals surface area contributed by atoms with E-state index in [4.69, 9.17) is 9.66 Å². The SMILES string of the molecule is CC1COS(=O)O1.O=S(=O)(O)OCCO. The molecular formula is C5H12O8S2. The lowest BCUT2D eigenvalue weighted by Crippen LogP contribution is -2.06. The fourth-order valence-corrected chi connectivity index (χ4v) is 1.45. The predicted octanol–water partition coefficient (Wildman–Crippen LogP) is -1.20. The van der Waals surface area contributed by atoms with Gasteiger partial charge in [-0.2, -0.15) is 12.6 Å². The number of hydrogen-bond acceptors (Lipinski definition) is 7. The van der Waals surface area contributed by atoms with Crippen LogP contribution < -0.4 is 0 Å². The first-order chi connectivity index (χ1) is 6.85. The minimum absolute atomic E-state index is 0.000772. The minimum atomic E-state index is -4.35. The molecule has 8 nitrogen and oxygen atoms in total. The lowest BCUT2D eigenvalue weighted by atomic mass is 10.5. The normalized spacial score (nSPS) is 25.8. The van der Waals surface area contributed by atoms with E-state index < -0.39 is 35.0 Å². The van der Waals surface area contributed by atoms with Crippen LogP contribution in [0.1, 0.15) is 6.92 Å². The monoisotopic (exact) mass is 264 g/mol. The molecule has 0 radical (unpaired) electrons. The summed E-state index contributed by atoms with van der Waals surface area (Å²) in [5.41, 5.74) is 0. The van der Waals surface area contributed by atoms with E-state index in [0.717, 1.165) is 0 Å². The first kappa shape index (κ1) is 14.9. The van der Waals surface area contributed by atoms with Gasteiger partial charge in [-0.05, 0) is 6.92 Å². The van der Waals surface area contributed by atoms with Crippen molar-refractivity contribution in [3.05, 3.63) is 0 Å². The van der Waals surface area contributed by atoms with Crippen LogP contribution in [0.3, 0.4) is 0 Å². The van der Waals surface area contributed by atoms with Crippen LogP contribution in [0.4, 0.5) is 0 Å². The summed E-state index contributed by atoms with van der Waals surface area (Å²) in [5, 5.41) is 7.93. The molecule has 0 spiro atoms. The maximum Gasteiger partial charge on any atom is 0.397 e. The van der Waals surface area contributed by atoms with Crippen LogP contribution >= 0.6 is 0 Å². The van der Waals surface area contributed by atoms with Gasteiger partial charge in [0.15, 0.2) is 0 Å². The van der Waals surface area contributed by atoms with Gasteiger partial charge in [-0.15, -0.1) is 0 Å². The standard InChI is InChI=1S/C3H6O3S.C2H6O5S/c1-3-2-5-7(4)6-3;3-1-2-7-8(4,5)6/h3H,2H2,1H3;3H,1-2H2,(H,4,5,6). The molecule has 1 aliphatic rings. The van der Waals surface area contributed by atoms with E-state index in [2.05, 4.69) is 12.5 Å². The molecule has 2 N–H and O–H groups in total. The average molecular weight is 264 g/mol. The van der Waals surface area contributed by atoms with Crippen LogP contribution in [0.15, 0.2) is 0 Å². The van der Waals surface area contributed by atoms with E-state index in [0.29, 0.717) is 6.61 Å². The highest BCUT2D eigenvalue weighted by atomic mass is 32.3. The first-order valence-corrected chi connectivity index (χ1v) is 6.16. The molecule has 1 saturated heterocycles. The highest BCUT2D eigenvalue weighted by Gasteiger charge is 2.17. The van der Waals surface area contributed by atoms with Crippen molar-refractivity contribution in [3.8, 4) is 0 Å². The Bertz CT molecular complexity index is 285. The third-order valence-electron chi connectivity index (χ3n) is 0.965. The molecule has 15 heavy (non-hydrogen) atoms. The highest BCUT2D eigenvalue weighted by molar-refractivity contribution is 7.80. The molecule has 0 saturated carbocycles. The third kappa shape index (κ3) is 10.2. The molecule has 1 fully saturated rings. The van der Waals surface area contributed by atoms with Gasteiger partial charge < -0.3 is 5.11 Å². The summed E-state index contributed by atoms with van der Waals surface area (Å²) in [5.74, 6) is 0. The zero-order valence-electron chi connectivity index (χ0n) is 7.86. The molecule has 0 bridgehead atoms. The Hall–Kier alpha value is -0.100. The maximum absolute atomic E-state index is 10.1. The van der Waals surface area contributed by atoms with Crippen molar-refractivity contribution in [2.45, 2.75) is 13.0 Å². The molecule has 1 aliphatic heterocycles. The lowest BCUT2D eigenvalue weighted by molar-refractivity contribution is 0.188. The molecule has 10 heteroatoms. The average Bonchev–Trinajstić information content (AvgIpc) is 2.46. The van der Waals surface area contributed by atoms with E-state index >= 15 is 0 Å². The number of aliphatic hydroxyl groups is 1. The van der Waals surface area contributed by atoms with E-state index in [1.54, 1.807) is 0 Å². The molecule has 1 heterocycles. The molecule has 2 atom stereocenters. The van der Waals surface area contributed by atoms with E-state index in [-0.39, 0.29) is 6.10 Å². The van der Waals surface area contributed by atoms with Crippen LogP contribution in [0.2, 0.25) is 0 Å². The number of aliphatic hydroxyl groups excluding tert-OH is 1. The van der Waals surface area contributed by atoms with E-state index in [9.17, 15) is 12.6 Å². The Morgan fingerprint density at radius 3 is 2.33 bits per heavy atom. The van der Waals surface area contributed by atoms with Crippen molar-refractivity contribution in [3.63, 3.8) is 0 Å². The number of hydrogen-bond donors (Lipinski definition) is 2. The van der Waals surface area contributed by atoms with Gasteiger partial charge in [0.1, 0.15) is 0 Å². The summed E-state index contributed by atoms with van der Waals surface area (Å²) in [6.45, 7) is 1.43. The van der Waals surface area contributed by atoms with Gasteiger partial charge >= 0.3 is 21.8 Å². The smallest absolute Gasteiger partial charge is 0.394 e. The highest BCUT2D eigenvalue weighted by Crippen LogP contribution is 2.05. The van der Waals surface area contributed by atoms with E-state index in [1.807, 2.05) is 6.92 Å². The second-order valence-corrected chi connectivity index (χ2v) is 4.30. The van der Waals surface area contributed by atoms with Gasteiger partial charge in [0.2, 0.25) is 0 Å². The molecule has 0 aromatic rings. The summed E-state index contributed by atoms with van der Waals surface area (Å²) in [6, 6.07) is 0. The number of rotatable bonds is 3. The zero-order chi connectivity index (χ0) is 11.9. The summed E-state index contributed by atoms with van der Waals surface area (Å²) >= 11 is -1.45. The van der Waals surface area contributed by atoms with Crippen molar-refractivity contribution in [2.75, 3.05) is 19.8 Å². The topological polar surface area (TPSA) is 119 Å². The Morgan fingerprint density at radius 2 is 2.20 bits per heavy atom. The van der Waals surface area contributed by atoms with Crippen molar-refractivity contribution in [1.29, 1.82) is 0 Å². The summed E-state index contributed by atoms with van der Waals surface area (Å²) in [7, 11) is -4.35. The van der Waals surface area contributed by atoms with Crippen molar-refractivity contribution in [2.24, 2.45) is 0 Å². The van der Waals surface area contributed by atoms with Crippen molar-refractivity contribution >= 4 is 21.8 Å². The second kappa shape index (κ2) is 7.22. The molecule has 1 rings (SSSR count). The second-order valence-electron chi connectivity index (χ2n) is 2.37. The molecule has 0 aromatic carbocycles. The molecule has 0 aliphatic carbocycles. The predicted molar refractivity (Wildman–Crippen MR) is 49.2 cm³/mol.